The number of halogens is 1. The molecule has 0 amide bonds. The first kappa shape index (κ1) is 15.7. The minimum absolute atomic E-state index is 0.250. The van der Waals surface area contributed by atoms with Gasteiger partial charge in [-0.15, -0.1) is 11.3 Å². The van der Waals surface area contributed by atoms with E-state index in [-0.39, 0.29) is 11.7 Å². The van der Waals surface area contributed by atoms with E-state index in [1.165, 1.54) is 17.4 Å². The van der Waals surface area contributed by atoms with Crippen molar-refractivity contribution < 1.29 is 14.3 Å². The van der Waals surface area contributed by atoms with E-state index in [2.05, 4.69) is 9.88 Å². The van der Waals surface area contributed by atoms with Gasteiger partial charge in [0.25, 0.3) is 0 Å². The summed E-state index contributed by atoms with van der Waals surface area (Å²) in [7, 11) is 0. The van der Waals surface area contributed by atoms with Crippen LogP contribution in [-0.4, -0.2) is 34.0 Å². The first-order valence-electron chi connectivity index (χ1n) is 8.23. The van der Waals surface area contributed by atoms with E-state index in [4.69, 9.17) is 0 Å². The number of nitrogens with zero attached hydrogens (tertiary/aromatic N) is 2. The third-order valence-corrected chi connectivity index (χ3v) is 6.33. The second-order valence-corrected chi connectivity index (χ2v) is 7.70. The van der Waals surface area contributed by atoms with E-state index in [1.807, 2.05) is 5.38 Å². The summed E-state index contributed by atoms with van der Waals surface area (Å²) in [6.07, 6.45) is 2.79. The molecule has 1 aliphatic heterocycles. The van der Waals surface area contributed by atoms with Crippen LogP contribution >= 0.6 is 11.3 Å². The Morgan fingerprint density at radius 3 is 3.04 bits per heavy atom. The van der Waals surface area contributed by atoms with E-state index in [0.717, 1.165) is 31.5 Å². The van der Waals surface area contributed by atoms with Crippen molar-refractivity contribution in [1.29, 1.82) is 0 Å². The summed E-state index contributed by atoms with van der Waals surface area (Å²) in [6, 6.07) is 6.64. The van der Waals surface area contributed by atoms with Gasteiger partial charge in [-0.2, -0.15) is 0 Å². The Labute approximate surface area is 144 Å². The lowest BCUT2D eigenvalue weighted by Crippen LogP contribution is -2.35. The highest BCUT2D eigenvalue weighted by atomic mass is 32.1. The molecule has 2 aliphatic rings. The molecule has 4 rings (SSSR count). The Morgan fingerprint density at radius 1 is 1.46 bits per heavy atom. The molecule has 24 heavy (non-hydrogen) atoms. The number of likely N-dealkylation sites (tertiary alicyclic amines) is 1. The minimum Gasteiger partial charge on any atom is -0.481 e. The summed E-state index contributed by atoms with van der Waals surface area (Å²) >= 11 is 1.43. The van der Waals surface area contributed by atoms with Gasteiger partial charge >= 0.3 is 5.97 Å². The highest BCUT2D eigenvalue weighted by molar-refractivity contribution is 7.13. The van der Waals surface area contributed by atoms with Gasteiger partial charge in [0, 0.05) is 30.6 Å². The number of aromatic nitrogens is 1. The quantitative estimate of drug-likeness (QED) is 0.918. The minimum atomic E-state index is -0.655. The Balaban J connectivity index is 1.50. The van der Waals surface area contributed by atoms with Crippen LogP contribution in [0.15, 0.2) is 29.6 Å². The molecule has 0 spiro atoms. The van der Waals surface area contributed by atoms with Crippen molar-refractivity contribution in [2.75, 3.05) is 13.1 Å². The van der Waals surface area contributed by atoms with Crippen molar-refractivity contribution in [3.05, 3.63) is 41.2 Å². The van der Waals surface area contributed by atoms with Crippen molar-refractivity contribution in [2.45, 2.75) is 25.8 Å². The van der Waals surface area contributed by atoms with Crippen molar-refractivity contribution >= 4 is 17.3 Å². The molecule has 126 valence electrons. The molecule has 1 saturated heterocycles. The molecule has 2 fully saturated rings. The standard InChI is InChI=1S/C18H19FN2O2S/c19-15-6-2-1-5-14(15)16-20-13(10-24-16)9-21-8-12-4-3-7-18(12,11-21)17(22)23/h1-2,5-6,10,12H,3-4,7-9,11H2,(H,22,23)/t12-,18+/m0/s1. The number of thiazole rings is 1. The maximum absolute atomic E-state index is 13.9. The number of hydrogen-bond donors (Lipinski definition) is 1. The van der Waals surface area contributed by atoms with Crippen molar-refractivity contribution in [3.8, 4) is 10.6 Å². The zero-order valence-electron chi connectivity index (χ0n) is 13.2. The summed E-state index contributed by atoms with van der Waals surface area (Å²) in [5, 5.41) is 12.3. The fourth-order valence-electron chi connectivity index (χ4n) is 4.23. The second kappa shape index (κ2) is 5.93. The summed E-state index contributed by atoms with van der Waals surface area (Å²) in [5.41, 5.74) is 0.845. The molecule has 0 radical (unpaired) electrons. The lowest BCUT2D eigenvalue weighted by Gasteiger charge is -2.23. The van der Waals surface area contributed by atoms with Gasteiger partial charge in [0.1, 0.15) is 10.8 Å². The Morgan fingerprint density at radius 2 is 2.29 bits per heavy atom. The molecule has 4 nitrogen and oxygen atoms in total. The molecular weight excluding hydrogens is 327 g/mol. The average Bonchev–Trinajstić information content (AvgIpc) is 3.22. The first-order valence-corrected chi connectivity index (χ1v) is 9.11. The molecule has 2 heterocycles. The fourth-order valence-corrected chi connectivity index (χ4v) is 5.07. The Hall–Kier alpha value is -1.79. The SMILES string of the molecule is O=C(O)[C@@]12CCC[C@H]1CN(Cc1csc(-c3ccccc3F)n1)C2. The van der Waals surface area contributed by atoms with Gasteiger partial charge in [0.15, 0.2) is 0 Å². The number of carboxylic acids is 1. The molecule has 2 aromatic rings. The number of carbonyl (C=O) groups is 1. The number of aliphatic carboxylic acids is 1. The topological polar surface area (TPSA) is 53.4 Å². The monoisotopic (exact) mass is 346 g/mol. The molecule has 1 aliphatic carbocycles. The van der Waals surface area contributed by atoms with Crippen LogP contribution in [0, 0.1) is 17.2 Å². The summed E-state index contributed by atoms with van der Waals surface area (Å²) < 4.78 is 13.9. The molecule has 1 aromatic carbocycles. The lowest BCUT2D eigenvalue weighted by atomic mass is 9.81. The molecule has 0 bridgehead atoms. The van der Waals surface area contributed by atoms with Crippen molar-refractivity contribution in [1.82, 2.24) is 9.88 Å². The first-order chi connectivity index (χ1) is 11.6. The van der Waals surface area contributed by atoms with Gasteiger partial charge in [-0.1, -0.05) is 18.6 Å². The van der Waals surface area contributed by atoms with Crippen LogP contribution in [0.5, 0.6) is 0 Å². The smallest absolute Gasteiger partial charge is 0.311 e. The van der Waals surface area contributed by atoms with Gasteiger partial charge in [0.2, 0.25) is 0 Å². The van der Waals surface area contributed by atoms with Gasteiger partial charge in [-0.05, 0) is 30.9 Å². The van der Waals surface area contributed by atoms with Crippen LogP contribution in [0.1, 0.15) is 25.0 Å². The Kier molecular flexibility index (Phi) is 3.89. The van der Waals surface area contributed by atoms with Crippen LogP contribution in [0.25, 0.3) is 10.6 Å². The van der Waals surface area contributed by atoms with E-state index >= 15 is 0 Å². The molecular formula is C18H19FN2O2S. The summed E-state index contributed by atoms with van der Waals surface area (Å²) in [4.78, 5) is 18.5. The molecule has 1 N–H and O–H groups in total. The van der Waals surface area contributed by atoms with Crippen LogP contribution in [0.2, 0.25) is 0 Å². The van der Waals surface area contributed by atoms with E-state index in [0.29, 0.717) is 23.7 Å². The molecule has 2 atom stereocenters. The van der Waals surface area contributed by atoms with Gasteiger partial charge in [-0.3, -0.25) is 9.69 Å². The third-order valence-electron chi connectivity index (χ3n) is 5.41. The lowest BCUT2D eigenvalue weighted by molar-refractivity contribution is -0.149. The van der Waals surface area contributed by atoms with Gasteiger partial charge < -0.3 is 5.11 Å². The number of benzene rings is 1. The predicted octanol–water partition coefficient (Wildman–Crippen LogP) is 3.64. The van der Waals surface area contributed by atoms with Crippen molar-refractivity contribution in [3.63, 3.8) is 0 Å². The second-order valence-electron chi connectivity index (χ2n) is 6.84. The van der Waals surface area contributed by atoms with Crippen LogP contribution < -0.4 is 0 Å². The van der Waals surface area contributed by atoms with E-state index in [1.54, 1.807) is 18.2 Å². The van der Waals surface area contributed by atoms with Crippen LogP contribution in [-0.2, 0) is 11.3 Å². The van der Waals surface area contributed by atoms with Crippen molar-refractivity contribution in [2.24, 2.45) is 11.3 Å². The molecule has 6 heteroatoms. The van der Waals surface area contributed by atoms with Gasteiger partial charge in [-0.25, -0.2) is 9.37 Å². The van der Waals surface area contributed by atoms with E-state index in [9.17, 15) is 14.3 Å². The number of rotatable bonds is 4. The molecule has 1 aromatic heterocycles. The largest absolute Gasteiger partial charge is 0.481 e. The number of fused-ring (bicyclic) bond motifs is 1. The van der Waals surface area contributed by atoms with Crippen LogP contribution in [0.3, 0.4) is 0 Å². The van der Waals surface area contributed by atoms with E-state index < -0.39 is 11.4 Å². The Bertz CT molecular complexity index is 778. The predicted molar refractivity (Wildman–Crippen MR) is 90.2 cm³/mol. The normalized spacial score (nSPS) is 26.6. The highest BCUT2D eigenvalue weighted by Gasteiger charge is 2.54. The number of carboxylic acid groups (broad SMARTS) is 1. The van der Waals surface area contributed by atoms with Crippen LogP contribution in [0.4, 0.5) is 4.39 Å². The highest BCUT2D eigenvalue weighted by Crippen LogP contribution is 2.49. The summed E-state index contributed by atoms with van der Waals surface area (Å²) in [6.45, 7) is 2.05. The third kappa shape index (κ3) is 2.54. The average molecular weight is 346 g/mol. The molecule has 1 saturated carbocycles. The molecule has 0 unspecified atom stereocenters. The zero-order chi connectivity index (χ0) is 16.7. The maximum atomic E-state index is 13.9. The maximum Gasteiger partial charge on any atom is 0.311 e. The summed E-state index contributed by atoms with van der Waals surface area (Å²) in [5.74, 6) is -0.670. The van der Waals surface area contributed by atoms with Gasteiger partial charge in [0.05, 0.1) is 11.1 Å². The number of hydrogen-bond acceptors (Lipinski definition) is 4. The fraction of sp³-hybridized carbons (Fsp3) is 0.444. The zero-order valence-corrected chi connectivity index (χ0v) is 14.1.